The van der Waals surface area contributed by atoms with E-state index in [4.69, 9.17) is 0 Å². The van der Waals surface area contributed by atoms with Crippen LogP contribution in [0.15, 0.2) is 97.6 Å². The van der Waals surface area contributed by atoms with Crippen LogP contribution in [0.4, 0.5) is 0 Å². The number of hydrogen-bond acceptors (Lipinski definition) is 0. The van der Waals surface area contributed by atoms with E-state index in [9.17, 15) is 0 Å². The van der Waals surface area contributed by atoms with Crippen LogP contribution in [0.3, 0.4) is 0 Å². The Hall–Kier alpha value is -4.96. The fourth-order valence-electron chi connectivity index (χ4n) is 11.4. The Labute approximate surface area is 359 Å². The van der Waals surface area contributed by atoms with Gasteiger partial charge in [0, 0.05) is 46.9 Å². The summed E-state index contributed by atoms with van der Waals surface area (Å²) in [5.41, 5.74) is 23.1. The lowest BCUT2D eigenvalue weighted by Crippen LogP contribution is -1.95. The summed E-state index contributed by atoms with van der Waals surface area (Å²) in [6, 6.07) is 27.2. The monoisotopic (exact) mass is 797 g/mol. The molecule has 4 nitrogen and oxygen atoms in total. The fraction of sp³-hybridized carbons (Fsp3) is 0.429. The molecule has 8 aromatic rings. The van der Waals surface area contributed by atoms with Gasteiger partial charge in [-0.1, -0.05) is 101 Å². The Morgan fingerprint density at radius 1 is 0.267 bits per heavy atom. The van der Waals surface area contributed by atoms with Crippen molar-refractivity contribution in [3.63, 3.8) is 0 Å². The van der Waals surface area contributed by atoms with Crippen molar-refractivity contribution >= 4 is 22.1 Å². The van der Waals surface area contributed by atoms with Gasteiger partial charge in [0.25, 0.3) is 0 Å². The van der Waals surface area contributed by atoms with Gasteiger partial charge in [-0.05, 0) is 172 Å². The number of aromatic nitrogens is 4. The third-order valence-corrected chi connectivity index (χ3v) is 14.5. The second-order valence-corrected chi connectivity index (χ2v) is 18.3. The Morgan fingerprint density at radius 2 is 0.467 bits per heavy atom. The van der Waals surface area contributed by atoms with E-state index in [-0.39, 0.29) is 0 Å². The predicted octanol–water partition coefficient (Wildman–Crippen LogP) is 15.4. The molecule has 0 N–H and O–H groups in total. The fourth-order valence-corrected chi connectivity index (χ4v) is 11.4. The molecule has 0 unspecified atom stereocenters. The molecule has 0 saturated heterocycles. The van der Waals surface area contributed by atoms with Crippen molar-refractivity contribution in [1.29, 1.82) is 0 Å². The molecule has 60 heavy (non-hydrogen) atoms. The van der Waals surface area contributed by atoms with Crippen molar-refractivity contribution in [2.24, 2.45) is 0 Å². The lowest BCUT2D eigenvalue weighted by molar-refractivity contribution is 0.568. The molecule has 1 aliphatic carbocycles. The highest BCUT2D eigenvalue weighted by Gasteiger charge is 2.25. The van der Waals surface area contributed by atoms with Crippen molar-refractivity contribution in [3.8, 4) is 22.8 Å². The number of hydrogen-bond donors (Lipinski definition) is 0. The summed E-state index contributed by atoms with van der Waals surface area (Å²) < 4.78 is 10.00. The highest BCUT2D eigenvalue weighted by Crippen LogP contribution is 2.40. The van der Waals surface area contributed by atoms with Gasteiger partial charge in [0.2, 0.25) is 0 Å². The molecule has 8 bridgehead atoms. The van der Waals surface area contributed by atoms with Gasteiger partial charge in [0.1, 0.15) is 0 Å². The predicted molar refractivity (Wildman–Crippen MR) is 255 cm³/mol. The van der Waals surface area contributed by atoms with E-state index < -0.39 is 0 Å². The van der Waals surface area contributed by atoms with Crippen LogP contribution in [-0.4, -0.2) is 17.6 Å². The third-order valence-electron chi connectivity index (χ3n) is 14.5. The first-order valence-corrected chi connectivity index (χ1v) is 23.9. The molecule has 0 saturated carbocycles. The standard InChI is InChI=1S/C56H68N4/c1-41-45-29-17-13-9-5-6-10-15-19-31-47-43(3)55(59-39-27-23-35-51(47)59)56-44(4)48(52-36-24-28-40-60(52)56)32-20-16-12-8-7-11-14-18-30-46-42(2)54(58-38-26-22-34-50(46)58)53(41)57-37-25-21-33-49(45)57/h21-28,33-40H,5-20,29-32H2,1-4H3. The number of fused-ring (bicyclic) bond motifs is 22. The summed E-state index contributed by atoms with van der Waals surface area (Å²) in [4.78, 5) is 0. The Morgan fingerprint density at radius 3 is 0.683 bits per heavy atom. The molecule has 0 aromatic carbocycles. The van der Waals surface area contributed by atoms with Gasteiger partial charge < -0.3 is 17.6 Å². The highest BCUT2D eigenvalue weighted by atomic mass is 15.0. The molecule has 312 valence electrons. The van der Waals surface area contributed by atoms with Crippen LogP contribution in [-0.2, 0) is 25.7 Å². The maximum atomic E-state index is 2.50. The first kappa shape index (κ1) is 40.4. The smallest absolute Gasteiger partial charge is 0.0732 e. The summed E-state index contributed by atoms with van der Waals surface area (Å²) in [6.07, 6.45) is 34.8. The second kappa shape index (κ2) is 18.3. The molecule has 0 spiro atoms. The summed E-state index contributed by atoms with van der Waals surface area (Å²) >= 11 is 0. The average Bonchev–Trinajstić information content (AvgIpc) is 3.91. The molecule has 0 radical (unpaired) electrons. The molecule has 8 aromatic heterocycles. The van der Waals surface area contributed by atoms with Gasteiger partial charge in [-0.15, -0.1) is 0 Å². The first-order valence-electron chi connectivity index (χ1n) is 23.9. The van der Waals surface area contributed by atoms with Gasteiger partial charge in [-0.25, -0.2) is 0 Å². The van der Waals surface area contributed by atoms with Crippen LogP contribution >= 0.6 is 0 Å². The van der Waals surface area contributed by atoms with Gasteiger partial charge in [0.05, 0.1) is 22.8 Å². The van der Waals surface area contributed by atoms with E-state index in [1.54, 1.807) is 22.3 Å². The minimum absolute atomic E-state index is 1.15. The summed E-state index contributed by atoms with van der Waals surface area (Å²) in [5.74, 6) is 0. The highest BCUT2D eigenvalue weighted by molar-refractivity contribution is 5.82. The lowest BCUT2D eigenvalue weighted by atomic mass is 9.98. The maximum Gasteiger partial charge on any atom is 0.0732 e. The molecule has 0 fully saturated rings. The Kier molecular flexibility index (Phi) is 12.4. The van der Waals surface area contributed by atoms with E-state index in [0.29, 0.717) is 0 Å². The third kappa shape index (κ3) is 7.65. The molecule has 1 aliphatic rings. The molecule has 0 aliphatic heterocycles. The van der Waals surface area contributed by atoms with E-state index in [2.05, 4.69) is 143 Å². The van der Waals surface area contributed by atoms with Crippen molar-refractivity contribution in [3.05, 3.63) is 142 Å². The summed E-state index contributed by atoms with van der Waals surface area (Å²) in [6.45, 7) is 9.57. The molecule has 8 heterocycles. The zero-order chi connectivity index (χ0) is 41.0. The molecular formula is C56H68N4. The molecule has 0 atom stereocenters. The SMILES string of the molecule is Cc1c2c3ccccn3c1-c1c(C)c(c3ccccn13)CCCCCCCCCCc1c(C)c(n3ccccc13)-c1c(C)c(c3ccccn13)CCCCCCCCCC2. The van der Waals surface area contributed by atoms with E-state index in [1.165, 1.54) is 170 Å². The molecular weight excluding hydrogens is 729 g/mol. The van der Waals surface area contributed by atoms with Crippen molar-refractivity contribution in [2.75, 3.05) is 0 Å². The van der Waals surface area contributed by atoms with Crippen LogP contribution in [0, 0.1) is 27.7 Å². The largest absolute Gasteiger partial charge is 0.315 e. The second-order valence-electron chi connectivity index (χ2n) is 18.3. The van der Waals surface area contributed by atoms with Crippen molar-refractivity contribution < 1.29 is 0 Å². The van der Waals surface area contributed by atoms with Gasteiger partial charge in [-0.3, -0.25) is 0 Å². The number of rotatable bonds is 0. The zero-order valence-electron chi connectivity index (χ0n) is 37.2. The number of pyridine rings is 4. The zero-order valence-corrected chi connectivity index (χ0v) is 37.2. The van der Waals surface area contributed by atoms with E-state index >= 15 is 0 Å². The number of aryl methyl sites for hydroxylation is 4. The van der Waals surface area contributed by atoms with Gasteiger partial charge in [0.15, 0.2) is 0 Å². The summed E-state index contributed by atoms with van der Waals surface area (Å²) in [5, 5.41) is 0. The average molecular weight is 797 g/mol. The van der Waals surface area contributed by atoms with Crippen LogP contribution in [0.1, 0.15) is 147 Å². The molecule has 0 amide bonds. The van der Waals surface area contributed by atoms with Crippen LogP contribution in [0.25, 0.3) is 44.8 Å². The van der Waals surface area contributed by atoms with Crippen LogP contribution in [0.2, 0.25) is 0 Å². The van der Waals surface area contributed by atoms with E-state index in [0.717, 1.165) is 25.7 Å². The topological polar surface area (TPSA) is 17.6 Å². The maximum absolute atomic E-state index is 2.50. The lowest BCUT2D eigenvalue weighted by Gasteiger charge is -2.08. The quantitative estimate of drug-likeness (QED) is 0.145. The van der Waals surface area contributed by atoms with E-state index in [1.807, 2.05) is 0 Å². The Bertz CT molecular complexity index is 2350. The normalized spacial score (nSPS) is 16.3. The Balaban J connectivity index is 0.947. The molecule has 9 rings (SSSR count). The van der Waals surface area contributed by atoms with Crippen molar-refractivity contribution in [1.82, 2.24) is 17.6 Å². The van der Waals surface area contributed by atoms with Crippen LogP contribution in [0.5, 0.6) is 0 Å². The number of nitrogens with zero attached hydrogens (tertiary/aromatic N) is 4. The minimum atomic E-state index is 1.15. The van der Waals surface area contributed by atoms with Gasteiger partial charge >= 0.3 is 0 Å². The molecule has 4 heteroatoms. The first-order chi connectivity index (χ1) is 29.5. The summed E-state index contributed by atoms with van der Waals surface area (Å²) in [7, 11) is 0. The van der Waals surface area contributed by atoms with Crippen molar-refractivity contribution in [2.45, 2.75) is 156 Å². The van der Waals surface area contributed by atoms with Gasteiger partial charge in [-0.2, -0.15) is 0 Å². The van der Waals surface area contributed by atoms with Crippen LogP contribution < -0.4 is 0 Å². The minimum Gasteiger partial charge on any atom is -0.315 e.